The summed E-state index contributed by atoms with van der Waals surface area (Å²) >= 11 is 13.6. The van der Waals surface area contributed by atoms with Gasteiger partial charge in [-0.3, -0.25) is 14.4 Å². The van der Waals surface area contributed by atoms with Crippen LogP contribution >= 0.6 is 23.2 Å². The number of methoxy groups -OCH3 is 1. The summed E-state index contributed by atoms with van der Waals surface area (Å²) in [5, 5.41) is 18.5. The third-order valence-corrected chi connectivity index (χ3v) is 13.8. The number of ether oxygens (including phenoxy) is 3. The number of carboxylic acids is 1. The first kappa shape index (κ1) is 43.8. The van der Waals surface area contributed by atoms with Gasteiger partial charge in [-0.25, -0.2) is 4.79 Å². The Balaban J connectivity index is 1.20. The average molecular weight is 884 g/mol. The number of halogens is 2. The Hall–Kier alpha value is -4.85. The van der Waals surface area contributed by atoms with E-state index in [1.807, 2.05) is 69.8 Å². The summed E-state index contributed by atoms with van der Waals surface area (Å²) < 4.78 is 23.1. The number of hydrogen-bond donors (Lipinski definition) is 1. The van der Waals surface area contributed by atoms with E-state index in [0.29, 0.717) is 55.6 Å². The van der Waals surface area contributed by atoms with Gasteiger partial charge in [0.05, 0.1) is 53.4 Å². The van der Waals surface area contributed by atoms with Gasteiger partial charge < -0.3 is 33.4 Å². The van der Waals surface area contributed by atoms with E-state index in [4.69, 9.17) is 42.5 Å². The third-order valence-electron chi connectivity index (χ3n) is 12.9. The van der Waals surface area contributed by atoms with Crippen molar-refractivity contribution < 1.29 is 28.9 Å². The molecule has 1 amide bonds. The van der Waals surface area contributed by atoms with Gasteiger partial charge in [-0.1, -0.05) is 35.3 Å². The van der Waals surface area contributed by atoms with Crippen LogP contribution in [0.25, 0.3) is 32.9 Å². The lowest BCUT2D eigenvalue weighted by Gasteiger charge is -2.34. The van der Waals surface area contributed by atoms with E-state index in [1.54, 1.807) is 23.6 Å². The van der Waals surface area contributed by atoms with Crippen LogP contribution in [-0.2, 0) is 36.5 Å². The molecule has 328 valence electrons. The fourth-order valence-corrected chi connectivity index (χ4v) is 10.2. The molecule has 14 heteroatoms. The molecule has 2 aliphatic heterocycles. The number of carbonyl (C=O) groups is 2. The summed E-state index contributed by atoms with van der Waals surface area (Å²) in [7, 11) is 5.37. The number of likely N-dealkylation sites (tertiary alicyclic amines) is 1. The predicted molar refractivity (Wildman–Crippen MR) is 246 cm³/mol. The molecule has 3 aromatic heterocycles. The molecule has 0 radical (unpaired) electrons. The standard InChI is InChI=1S/C48H56Cl2N6O6/c1-27-22-34(23-28(2)42(27)50)61-19-9-10-35-36-12-13-38(49)41(40-30(4)51-53(7)31(40)5)43(36)56-29(3)25-55(47(57)45(35)56)44-37-24-32(11-14-39(37)52(6)46(44)48(58)59)26-54-17-15-33(16-18-54)62-21-20-60-8/h11-14,22-24,29,33H,9-10,15-21,25-26H2,1-8H3,(H,58,59). The van der Waals surface area contributed by atoms with Gasteiger partial charge in [-0.15, -0.1) is 0 Å². The van der Waals surface area contributed by atoms with E-state index in [1.165, 1.54) is 0 Å². The quantitative estimate of drug-likeness (QED) is 0.108. The molecule has 12 nitrogen and oxygen atoms in total. The highest BCUT2D eigenvalue weighted by Crippen LogP contribution is 2.46. The van der Waals surface area contributed by atoms with Crippen LogP contribution in [0.15, 0.2) is 42.5 Å². The lowest BCUT2D eigenvalue weighted by molar-refractivity contribution is -0.0158. The van der Waals surface area contributed by atoms with Crippen molar-refractivity contribution in [1.82, 2.24) is 23.8 Å². The Labute approximate surface area is 372 Å². The number of carboxylic acid groups (broad SMARTS) is 1. The van der Waals surface area contributed by atoms with E-state index < -0.39 is 5.97 Å². The third kappa shape index (κ3) is 7.89. The maximum absolute atomic E-state index is 15.5. The number of amides is 1. The van der Waals surface area contributed by atoms with E-state index in [-0.39, 0.29) is 30.3 Å². The van der Waals surface area contributed by atoms with Crippen LogP contribution in [0.2, 0.25) is 10.0 Å². The summed E-state index contributed by atoms with van der Waals surface area (Å²) in [6.07, 6.45) is 3.22. The van der Waals surface area contributed by atoms with Crippen LogP contribution < -0.4 is 9.64 Å². The molecular weight excluding hydrogens is 827 g/mol. The van der Waals surface area contributed by atoms with Gasteiger partial charge in [-0.05, 0) is 113 Å². The molecule has 1 atom stereocenters. The lowest BCUT2D eigenvalue weighted by atomic mass is 9.98. The molecule has 1 unspecified atom stereocenters. The molecule has 62 heavy (non-hydrogen) atoms. The molecule has 0 aliphatic carbocycles. The highest BCUT2D eigenvalue weighted by Gasteiger charge is 2.40. The molecular formula is C48H56Cl2N6O6. The molecule has 5 heterocycles. The predicted octanol–water partition coefficient (Wildman–Crippen LogP) is 9.63. The minimum Gasteiger partial charge on any atom is -0.494 e. The molecule has 8 rings (SSSR count). The van der Waals surface area contributed by atoms with Crippen LogP contribution in [0, 0.1) is 27.7 Å². The number of carbonyl (C=O) groups excluding carboxylic acids is 1. The summed E-state index contributed by atoms with van der Waals surface area (Å²) in [5.74, 6) is -0.602. The highest BCUT2D eigenvalue weighted by atomic mass is 35.5. The molecule has 0 saturated carbocycles. The second-order valence-corrected chi connectivity index (χ2v) is 17.8. The van der Waals surface area contributed by atoms with Crippen molar-refractivity contribution in [2.24, 2.45) is 14.1 Å². The molecule has 0 bridgehead atoms. The largest absolute Gasteiger partial charge is 0.494 e. The number of aromatic carboxylic acids is 1. The van der Waals surface area contributed by atoms with Crippen LogP contribution in [0.3, 0.4) is 0 Å². The zero-order chi connectivity index (χ0) is 44.1. The first-order chi connectivity index (χ1) is 29.7. The molecule has 3 aromatic carbocycles. The Morgan fingerprint density at radius 2 is 1.66 bits per heavy atom. The maximum atomic E-state index is 15.5. The normalized spacial score (nSPS) is 16.3. The second kappa shape index (κ2) is 17.7. The van der Waals surface area contributed by atoms with Gasteiger partial charge in [0.1, 0.15) is 11.4 Å². The first-order valence-electron chi connectivity index (χ1n) is 21.4. The fraction of sp³-hybridized carbons (Fsp3) is 0.438. The van der Waals surface area contributed by atoms with E-state index in [2.05, 4.69) is 28.5 Å². The molecule has 2 aliphatic rings. The summed E-state index contributed by atoms with van der Waals surface area (Å²) in [5.41, 5.74) is 10.0. The number of fused-ring (bicyclic) bond motifs is 4. The Morgan fingerprint density at radius 1 is 0.935 bits per heavy atom. The average Bonchev–Trinajstić information content (AvgIpc) is 3.82. The van der Waals surface area contributed by atoms with Crippen LogP contribution in [-0.4, -0.2) is 93.5 Å². The van der Waals surface area contributed by atoms with Gasteiger partial charge in [0.15, 0.2) is 5.69 Å². The number of benzene rings is 3. The number of aromatic nitrogens is 4. The molecule has 1 N–H and O–H groups in total. The van der Waals surface area contributed by atoms with Crippen molar-refractivity contribution >= 4 is 62.6 Å². The minimum absolute atomic E-state index is 0.0742. The number of nitrogens with zero attached hydrogens (tertiary/aromatic N) is 6. The Morgan fingerprint density at radius 3 is 2.32 bits per heavy atom. The van der Waals surface area contributed by atoms with Crippen LogP contribution in [0.5, 0.6) is 5.75 Å². The lowest BCUT2D eigenvalue weighted by Crippen LogP contribution is -2.43. The topological polar surface area (TPSA) is 116 Å². The molecule has 0 spiro atoms. The van der Waals surface area contributed by atoms with E-state index in [0.717, 1.165) is 103 Å². The van der Waals surface area contributed by atoms with Crippen LogP contribution in [0.4, 0.5) is 5.69 Å². The monoisotopic (exact) mass is 882 g/mol. The number of piperidine rings is 1. The number of anilines is 1. The van der Waals surface area contributed by atoms with Crippen molar-refractivity contribution in [3.05, 3.63) is 97.5 Å². The maximum Gasteiger partial charge on any atom is 0.354 e. The molecule has 1 fully saturated rings. The Kier molecular flexibility index (Phi) is 12.5. The number of hydrogen-bond acceptors (Lipinski definition) is 7. The van der Waals surface area contributed by atoms with E-state index in [9.17, 15) is 9.90 Å². The van der Waals surface area contributed by atoms with Crippen LogP contribution in [0.1, 0.15) is 86.8 Å². The van der Waals surface area contributed by atoms with Crippen molar-refractivity contribution in [2.45, 2.75) is 79.0 Å². The molecule has 6 aromatic rings. The molecule has 1 saturated heterocycles. The van der Waals surface area contributed by atoms with Crippen molar-refractivity contribution in [1.29, 1.82) is 0 Å². The van der Waals surface area contributed by atoms with Gasteiger partial charge in [0.25, 0.3) is 5.91 Å². The zero-order valence-corrected chi connectivity index (χ0v) is 38.4. The fourth-order valence-electron chi connectivity index (χ4n) is 9.80. The van der Waals surface area contributed by atoms with Crippen molar-refractivity contribution in [3.8, 4) is 16.9 Å². The SMILES string of the molecule is COCCOC1CCN(Cc2ccc3c(c2)c(N2CC(C)n4c(c(CCCOc5cc(C)c(Cl)c(C)c5)c5ccc(Cl)c(-c6c(C)nn(C)c6C)c54)C2=O)c(C(=O)O)n3C)CC1. The zero-order valence-electron chi connectivity index (χ0n) is 36.9. The number of rotatable bonds is 14. The summed E-state index contributed by atoms with van der Waals surface area (Å²) in [6, 6.07) is 13.7. The minimum atomic E-state index is -1.09. The van der Waals surface area contributed by atoms with Gasteiger partial charge in [0.2, 0.25) is 0 Å². The summed E-state index contributed by atoms with van der Waals surface area (Å²) in [4.78, 5) is 32.9. The highest BCUT2D eigenvalue weighted by molar-refractivity contribution is 6.35. The van der Waals surface area contributed by atoms with Gasteiger partial charge in [0, 0.05) is 86.0 Å². The van der Waals surface area contributed by atoms with Crippen molar-refractivity contribution in [3.63, 3.8) is 0 Å². The van der Waals surface area contributed by atoms with Gasteiger partial charge in [-0.2, -0.15) is 5.10 Å². The Bertz CT molecular complexity index is 2680. The van der Waals surface area contributed by atoms with Gasteiger partial charge >= 0.3 is 5.97 Å². The smallest absolute Gasteiger partial charge is 0.354 e. The summed E-state index contributed by atoms with van der Waals surface area (Å²) in [6.45, 7) is 14.4. The second-order valence-electron chi connectivity index (χ2n) is 17.0. The van der Waals surface area contributed by atoms with E-state index >= 15 is 4.79 Å². The number of aryl methyl sites for hydroxylation is 6. The first-order valence-corrected chi connectivity index (χ1v) is 22.2. The van der Waals surface area contributed by atoms with Crippen molar-refractivity contribution in [2.75, 3.05) is 51.5 Å².